The van der Waals surface area contributed by atoms with Crippen molar-refractivity contribution in [3.05, 3.63) is 78.9 Å². The molecule has 1 heteroatoms. The molecule has 0 aliphatic carbocycles. The van der Waals surface area contributed by atoms with Crippen molar-refractivity contribution in [1.29, 1.82) is 0 Å². The van der Waals surface area contributed by atoms with E-state index in [1.807, 2.05) is 79.6 Å². The van der Waals surface area contributed by atoms with E-state index in [4.69, 9.17) is 4.79 Å². The molecule has 0 spiro atoms. The first-order valence-corrected chi connectivity index (χ1v) is 4.90. The molecule has 0 atom stereocenters. The normalized spacial score (nSPS) is 7.50. The Morgan fingerprint density at radius 3 is 1.25 bits per heavy atom. The Morgan fingerprint density at radius 1 is 0.688 bits per heavy atom. The Bertz CT molecular complexity index is 327. The van der Waals surface area contributed by atoms with Gasteiger partial charge in [-0.05, 0) is 5.56 Å². The van der Waals surface area contributed by atoms with Gasteiger partial charge in [0.15, 0.2) is 0 Å². The lowest BCUT2D eigenvalue weighted by atomic mass is 10.2. The molecule has 0 unspecified atom stereocenters. The number of benzene rings is 2. The molecule has 0 heterocycles. The number of carbonyl (C=O) groups excluding carboxylic acids is 1. The molecule has 0 radical (unpaired) electrons. The third-order valence-corrected chi connectivity index (χ3v) is 1.70. The van der Waals surface area contributed by atoms with Crippen LogP contribution < -0.4 is 0 Å². The van der Waals surface area contributed by atoms with Crippen LogP contribution in [0.15, 0.2) is 73.3 Å². The van der Waals surface area contributed by atoms with Crippen LogP contribution in [0, 0.1) is 0 Å². The van der Waals surface area contributed by atoms with Gasteiger partial charge in [-0.25, -0.2) is 0 Å². The fraction of sp³-hybridized carbons (Fsp3) is 0. The summed E-state index contributed by atoms with van der Waals surface area (Å²) in [5.74, 6) is 0. The number of hydrogen-bond donors (Lipinski definition) is 0. The van der Waals surface area contributed by atoms with Crippen molar-refractivity contribution in [1.82, 2.24) is 0 Å². The van der Waals surface area contributed by atoms with Crippen molar-refractivity contribution < 1.29 is 4.79 Å². The van der Waals surface area contributed by atoms with Crippen molar-refractivity contribution >= 4 is 12.9 Å². The highest BCUT2D eigenvalue weighted by molar-refractivity contribution is 5.45. The maximum Gasteiger partial charge on any atom is 0.106 e. The molecule has 2 rings (SSSR count). The topological polar surface area (TPSA) is 17.1 Å². The van der Waals surface area contributed by atoms with Crippen molar-refractivity contribution in [2.75, 3.05) is 0 Å². The van der Waals surface area contributed by atoms with Gasteiger partial charge in [0.05, 0.1) is 0 Å². The van der Waals surface area contributed by atoms with Gasteiger partial charge in [-0.1, -0.05) is 79.4 Å². The van der Waals surface area contributed by atoms with Crippen molar-refractivity contribution in [3.8, 4) is 0 Å². The molecule has 2 aromatic rings. The second-order valence-electron chi connectivity index (χ2n) is 2.77. The zero-order valence-electron chi connectivity index (χ0n) is 9.25. The summed E-state index contributed by atoms with van der Waals surface area (Å²) in [7, 11) is 0. The first-order valence-electron chi connectivity index (χ1n) is 4.90. The van der Waals surface area contributed by atoms with Crippen LogP contribution in [0.5, 0.6) is 0 Å². The molecule has 1 nitrogen and oxygen atoms in total. The molecular weight excluding hydrogens is 196 g/mol. The molecule has 82 valence electrons. The van der Waals surface area contributed by atoms with Gasteiger partial charge >= 0.3 is 0 Å². The molecule has 0 aliphatic heterocycles. The zero-order chi connectivity index (χ0) is 12.1. The quantitative estimate of drug-likeness (QED) is 0.702. The standard InChI is InChI=1S/C8H8.C6H6.CH2O/c1-2-8-6-4-3-5-7-8;1-2-4-6-5-3-1;1-2/h2-7H,1H2;1-6H;1H2. The Hall–Kier alpha value is -2.15. The Morgan fingerprint density at radius 2 is 1.00 bits per heavy atom. The lowest BCUT2D eigenvalue weighted by Crippen LogP contribution is -1.63. The second-order valence-corrected chi connectivity index (χ2v) is 2.77. The van der Waals surface area contributed by atoms with Crippen molar-refractivity contribution in [3.63, 3.8) is 0 Å². The molecule has 0 fully saturated rings. The monoisotopic (exact) mass is 212 g/mol. The van der Waals surface area contributed by atoms with E-state index >= 15 is 0 Å². The fourth-order valence-corrected chi connectivity index (χ4v) is 0.974. The van der Waals surface area contributed by atoms with Gasteiger partial charge < -0.3 is 4.79 Å². The average molecular weight is 212 g/mol. The molecule has 0 amide bonds. The van der Waals surface area contributed by atoms with Crippen LogP contribution in [-0.2, 0) is 4.79 Å². The zero-order valence-corrected chi connectivity index (χ0v) is 9.25. The van der Waals surface area contributed by atoms with Gasteiger partial charge in [0.1, 0.15) is 6.79 Å². The first kappa shape index (κ1) is 13.8. The summed E-state index contributed by atoms with van der Waals surface area (Å²) in [5, 5.41) is 0. The number of rotatable bonds is 1. The molecule has 0 saturated carbocycles. The molecule has 0 aromatic heterocycles. The Labute approximate surface area is 97.1 Å². The number of hydrogen-bond acceptors (Lipinski definition) is 1. The third-order valence-electron chi connectivity index (χ3n) is 1.70. The second kappa shape index (κ2) is 10.9. The summed E-state index contributed by atoms with van der Waals surface area (Å²) in [5.41, 5.74) is 1.17. The van der Waals surface area contributed by atoms with E-state index < -0.39 is 0 Å². The maximum atomic E-state index is 8.00. The third kappa shape index (κ3) is 7.27. The van der Waals surface area contributed by atoms with E-state index in [-0.39, 0.29) is 0 Å². The maximum absolute atomic E-state index is 8.00. The highest BCUT2D eigenvalue weighted by Gasteiger charge is 1.75. The fourth-order valence-electron chi connectivity index (χ4n) is 0.974. The van der Waals surface area contributed by atoms with Gasteiger partial charge in [-0.15, -0.1) is 0 Å². The minimum atomic E-state index is 1.17. The predicted octanol–water partition coefficient (Wildman–Crippen LogP) is 3.83. The lowest BCUT2D eigenvalue weighted by Gasteiger charge is -1.85. The van der Waals surface area contributed by atoms with Gasteiger partial charge in [-0.3, -0.25) is 0 Å². The van der Waals surface area contributed by atoms with Crippen LogP contribution >= 0.6 is 0 Å². The van der Waals surface area contributed by atoms with E-state index in [1.165, 1.54) is 5.56 Å². The van der Waals surface area contributed by atoms with Crippen LogP contribution in [0.4, 0.5) is 0 Å². The number of carbonyl (C=O) groups is 1. The molecule has 16 heavy (non-hydrogen) atoms. The summed E-state index contributed by atoms with van der Waals surface area (Å²) in [4.78, 5) is 8.00. The summed E-state index contributed by atoms with van der Waals surface area (Å²) in [6.45, 7) is 5.63. The van der Waals surface area contributed by atoms with Crippen LogP contribution in [0.2, 0.25) is 0 Å². The van der Waals surface area contributed by atoms with E-state index in [0.717, 1.165) is 0 Å². The average Bonchev–Trinajstić information content (AvgIpc) is 2.44. The first-order chi connectivity index (χ1) is 7.93. The van der Waals surface area contributed by atoms with E-state index in [1.54, 1.807) is 0 Å². The predicted molar refractivity (Wildman–Crippen MR) is 70.1 cm³/mol. The van der Waals surface area contributed by atoms with E-state index in [2.05, 4.69) is 6.58 Å². The van der Waals surface area contributed by atoms with Gasteiger partial charge in [0.2, 0.25) is 0 Å². The summed E-state index contributed by atoms with van der Waals surface area (Å²) >= 11 is 0. The summed E-state index contributed by atoms with van der Waals surface area (Å²) in [6.07, 6.45) is 1.83. The molecule has 0 N–H and O–H groups in total. The minimum Gasteiger partial charge on any atom is -0.307 e. The Balaban J connectivity index is 0.000000251. The SMILES string of the molecule is C=Cc1ccccc1.C=O.c1ccccc1. The lowest BCUT2D eigenvalue weighted by molar-refractivity contribution is -0.0979. The molecular formula is C15H16O. The largest absolute Gasteiger partial charge is 0.307 e. The van der Waals surface area contributed by atoms with Crippen LogP contribution in [0.25, 0.3) is 6.08 Å². The molecule has 0 aliphatic rings. The van der Waals surface area contributed by atoms with E-state index in [0.29, 0.717) is 0 Å². The molecule has 0 saturated heterocycles. The minimum absolute atomic E-state index is 1.17. The van der Waals surface area contributed by atoms with Gasteiger partial charge in [-0.2, -0.15) is 0 Å². The highest BCUT2D eigenvalue weighted by Crippen LogP contribution is 1.97. The Kier molecular flexibility index (Phi) is 9.46. The highest BCUT2D eigenvalue weighted by atomic mass is 16.1. The van der Waals surface area contributed by atoms with Gasteiger partial charge in [0, 0.05) is 0 Å². The molecule has 0 bridgehead atoms. The van der Waals surface area contributed by atoms with E-state index in [9.17, 15) is 0 Å². The smallest absolute Gasteiger partial charge is 0.106 e. The van der Waals surface area contributed by atoms with Gasteiger partial charge in [0.25, 0.3) is 0 Å². The molecule has 2 aromatic carbocycles. The van der Waals surface area contributed by atoms with Crippen molar-refractivity contribution in [2.24, 2.45) is 0 Å². The summed E-state index contributed by atoms with van der Waals surface area (Å²) < 4.78 is 0. The van der Waals surface area contributed by atoms with Crippen molar-refractivity contribution in [2.45, 2.75) is 0 Å². The summed E-state index contributed by atoms with van der Waals surface area (Å²) in [6, 6.07) is 22.0. The van der Waals surface area contributed by atoms with Crippen LogP contribution in [0.3, 0.4) is 0 Å². The van der Waals surface area contributed by atoms with Crippen LogP contribution in [0.1, 0.15) is 5.56 Å². The van der Waals surface area contributed by atoms with Crippen LogP contribution in [-0.4, -0.2) is 6.79 Å².